The minimum atomic E-state index is 0.145. The lowest BCUT2D eigenvalue weighted by atomic mass is 9.89. The van der Waals surface area contributed by atoms with Gasteiger partial charge in [0, 0.05) is 63.1 Å². The van der Waals surface area contributed by atoms with E-state index < -0.39 is 0 Å². The fourth-order valence-electron chi connectivity index (χ4n) is 5.40. The Balaban J connectivity index is 1.55. The summed E-state index contributed by atoms with van der Waals surface area (Å²) in [6.07, 6.45) is 10.7. The fraction of sp³-hybridized carbons (Fsp3) is 0.783. The molecule has 0 bridgehead atoms. The van der Waals surface area contributed by atoms with Gasteiger partial charge in [0.2, 0.25) is 6.41 Å². The number of nitrogens with zero attached hydrogens (tertiary/aromatic N) is 5. The quantitative estimate of drug-likeness (QED) is 0.693. The number of likely N-dealkylation sites (tertiary alicyclic amines) is 1. The van der Waals surface area contributed by atoms with Gasteiger partial charge in [-0.3, -0.25) is 19.2 Å². The number of hydrogen-bond donors (Lipinski definition) is 0. The number of amides is 2. The van der Waals surface area contributed by atoms with Crippen molar-refractivity contribution in [1.82, 2.24) is 24.5 Å². The molecule has 30 heavy (non-hydrogen) atoms. The second kappa shape index (κ2) is 9.94. The topological polar surface area (TPSA) is 61.7 Å². The highest BCUT2D eigenvalue weighted by Crippen LogP contribution is 2.29. The van der Waals surface area contributed by atoms with Crippen LogP contribution in [0, 0.1) is 0 Å². The van der Waals surface area contributed by atoms with Gasteiger partial charge in [-0.05, 0) is 44.9 Å². The predicted molar refractivity (Wildman–Crippen MR) is 117 cm³/mol. The summed E-state index contributed by atoms with van der Waals surface area (Å²) in [4.78, 5) is 31.1. The molecule has 2 saturated heterocycles. The Morgan fingerprint density at radius 1 is 1.03 bits per heavy atom. The summed E-state index contributed by atoms with van der Waals surface area (Å²) in [5, 5.41) is 4.86. The smallest absolute Gasteiger partial charge is 0.274 e. The van der Waals surface area contributed by atoms with Gasteiger partial charge in [-0.15, -0.1) is 0 Å². The average Bonchev–Trinajstić information content (AvgIpc) is 2.99. The van der Waals surface area contributed by atoms with Crippen LogP contribution in [0.25, 0.3) is 0 Å². The maximum atomic E-state index is 13.5. The first-order valence-electron chi connectivity index (χ1n) is 12.0. The minimum absolute atomic E-state index is 0.145. The van der Waals surface area contributed by atoms with Crippen LogP contribution in [0.4, 0.5) is 0 Å². The molecule has 1 aromatic heterocycles. The molecule has 0 radical (unpaired) electrons. The number of aromatic nitrogens is 2. The Hall–Kier alpha value is -1.89. The highest BCUT2D eigenvalue weighted by atomic mass is 16.2. The van der Waals surface area contributed by atoms with E-state index in [0.717, 1.165) is 103 Å². The van der Waals surface area contributed by atoms with Crippen molar-refractivity contribution < 1.29 is 9.59 Å². The molecule has 0 unspecified atom stereocenters. The molecule has 1 aromatic rings. The predicted octanol–water partition coefficient (Wildman–Crippen LogP) is 2.33. The molecule has 7 nitrogen and oxygen atoms in total. The largest absolute Gasteiger partial charge is 0.344 e. The molecule has 0 N–H and O–H groups in total. The molecule has 2 aliphatic heterocycles. The number of rotatable bonds is 5. The van der Waals surface area contributed by atoms with E-state index in [1.165, 1.54) is 24.1 Å². The highest BCUT2D eigenvalue weighted by molar-refractivity contribution is 5.94. The zero-order valence-corrected chi connectivity index (χ0v) is 18.5. The molecule has 0 saturated carbocycles. The van der Waals surface area contributed by atoms with Gasteiger partial charge in [0.15, 0.2) is 5.69 Å². The maximum absolute atomic E-state index is 13.5. The summed E-state index contributed by atoms with van der Waals surface area (Å²) >= 11 is 0. The number of fused-ring (bicyclic) bond motifs is 1. The molecule has 3 aliphatic rings. The van der Waals surface area contributed by atoms with Crippen molar-refractivity contribution in [1.29, 1.82) is 0 Å². The number of carbonyl (C=O) groups is 2. The fourth-order valence-corrected chi connectivity index (χ4v) is 5.40. The molecular formula is C23H37N5O2. The summed E-state index contributed by atoms with van der Waals surface area (Å²) in [7, 11) is 0. The molecule has 2 fully saturated rings. The summed E-state index contributed by atoms with van der Waals surface area (Å²) in [6, 6.07) is 0.444. The van der Waals surface area contributed by atoms with E-state index in [-0.39, 0.29) is 5.91 Å². The van der Waals surface area contributed by atoms with Crippen LogP contribution in [-0.4, -0.2) is 82.1 Å². The van der Waals surface area contributed by atoms with Crippen LogP contribution in [0.15, 0.2) is 0 Å². The van der Waals surface area contributed by atoms with Crippen molar-refractivity contribution in [2.45, 2.75) is 77.3 Å². The van der Waals surface area contributed by atoms with Gasteiger partial charge in [-0.1, -0.05) is 19.8 Å². The van der Waals surface area contributed by atoms with E-state index in [4.69, 9.17) is 5.10 Å². The number of aryl methyl sites for hydroxylation is 1. The van der Waals surface area contributed by atoms with E-state index in [1.807, 2.05) is 9.80 Å². The van der Waals surface area contributed by atoms with Gasteiger partial charge in [-0.25, -0.2) is 0 Å². The Morgan fingerprint density at radius 2 is 1.83 bits per heavy atom. The van der Waals surface area contributed by atoms with Crippen LogP contribution >= 0.6 is 0 Å². The van der Waals surface area contributed by atoms with Gasteiger partial charge in [-0.2, -0.15) is 5.10 Å². The van der Waals surface area contributed by atoms with Crippen LogP contribution in [0.2, 0.25) is 0 Å². The molecule has 2 amide bonds. The second-order valence-corrected chi connectivity index (χ2v) is 9.13. The van der Waals surface area contributed by atoms with Gasteiger partial charge < -0.3 is 9.80 Å². The summed E-state index contributed by atoms with van der Waals surface area (Å²) < 4.78 is 2.12. The van der Waals surface area contributed by atoms with Crippen molar-refractivity contribution >= 4 is 12.3 Å². The van der Waals surface area contributed by atoms with Crippen LogP contribution in [0.1, 0.15) is 73.6 Å². The van der Waals surface area contributed by atoms with Gasteiger partial charge >= 0.3 is 0 Å². The lowest BCUT2D eigenvalue weighted by Gasteiger charge is -2.34. The molecule has 3 heterocycles. The molecule has 166 valence electrons. The van der Waals surface area contributed by atoms with Crippen LogP contribution in [-0.2, 0) is 24.2 Å². The molecule has 1 atom stereocenters. The zero-order chi connectivity index (χ0) is 20.9. The standard InChI is InChI=1S/C23H37N5O2/c1-2-10-28-21-9-8-19(26-14-7-11-25(18-29)15-16-26)17-20(21)22(24-28)23(30)27-12-5-3-4-6-13-27/h18-19H,2-17H2,1H3/t19-/m1/s1. The van der Waals surface area contributed by atoms with Crippen molar-refractivity contribution in [3.8, 4) is 0 Å². The Morgan fingerprint density at radius 3 is 2.57 bits per heavy atom. The Bertz CT molecular complexity index is 738. The summed E-state index contributed by atoms with van der Waals surface area (Å²) in [5.74, 6) is 0.145. The third kappa shape index (κ3) is 4.56. The molecule has 0 aromatic carbocycles. The number of hydrogen-bond acceptors (Lipinski definition) is 4. The van der Waals surface area contributed by atoms with Crippen molar-refractivity contribution in [2.75, 3.05) is 39.3 Å². The minimum Gasteiger partial charge on any atom is -0.344 e. The van der Waals surface area contributed by atoms with Gasteiger partial charge in [0.05, 0.1) is 0 Å². The van der Waals surface area contributed by atoms with Crippen molar-refractivity contribution in [3.63, 3.8) is 0 Å². The first-order chi connectivity index (χ1) is 14.7. The lowest BCUT2D eigenvalue weighted by Crippen LogP contribution is -2.42. The van der Waals surface area contributed by atoms with Crippen LogP contribution in [0.5, 0.6) is 0 Å². The second-order valence-electron chi connectivity index (χ2n) is 9.13. The average molecular weight is 416 g/mol. The van der Waals surface area contributed by atoms with Crippen molar-refractivity contribution in [2.24, 2.45) is 0 Å². The highest BCUT2D eigenvalue weighted by Gasteiger charge is 2.33. The SMILES string of the molecule is CCCn1nc(C(=O)N2CCCCCC2)c2c1CC[C@@H](N1CCCN(C=O)CC1)C2. The molecular weight excluding hydrogens is 378 g/mol. The van der Waals surface area contributed by atoms with E-state index in [1.54, 1.807) is 0 Å². The first-order valence-corrected chi connectivity index (χ1v) is 12.0. The molecule has 0 spiro atoms. The Kier molecular flexibility index (Phi) is 7.08. The molecule has 4 rings (SSSR count). The van der Waals surface area contributed by atoms with E-state index >= 15 is 0 Å². The molecule has 7 heteroatoms. The first kappa shape index (κ1) is 21.3. The maximum Gasteiger partial charge on any atom is 0.274 e. The third-order valence-electron chi connectivity index (χ3n) is 7.08. The zero-order valence-electron chi connectivity index (χ0n) is 18.5. The molecule has 1 aliphatic carbocycles. The van der Waals surface area contributed by atoms with Gasteiger partial charge in [0.1, 0.15) is 0 Å². The van der Waals surface area contributed by atoms with Crippen molar-refractivity contribution in [3.05, 3.63) is 17.0 Å². The van der Waals surface area contributed by atoms with Crippen LogP contribution < -0.4 is 0 Å². The monoisotopic (exact) mass is 415 g/mol. The van der Waals surface area contributed by atoms with E-state index in [2.05, 4.69) is 16.5 Å². The summed E-state index contributed by atoms with van der Waals surface area (Å²) in [5.41, 5.74) is 3.20. The number of carbonyl (C=O) groups excluding carboxylic acids is 2. The summed E-state index contributed by atoms with van der Waals surface area (Å²) in [6.45, 7) is 8.41. The van der Waals surface area contributed by atoms with Crippen LogP contribution in [0.3, 0.4) is 0 Å². The van der Waals surface area contributed by atoms with E-state index in [0.29, 0.717) is 6.04 Å². The Labute approximate surface area is 180 Å². The van der Waals surface area contributed by atoms with E-state index in [9.17, 15) is 9.59 Å². The lowest BCUT2D eigenvalue weighted by molar-refractivity contribution is -0.118. The third-order valence-corrected chi connectivity index (χ3v) is 7.08. The van der Waals surface area contributed by atoms with Gasteiger partial charge in [0.25, 0.3) is 5.91 Å². The normalized spacial score (nSPS) is 23.6.